The smallest absolute Gasteiger partial charge is 0.251 e. The number of benzene rings is 1. The SMILES string of the molecule is O=C1CC(N2CCN(c3ncccn3)CC2)C(=O)N1c1cccc(Br)c1. The molecule has 1 aromatic heterocycles. The normalized spacial score (nSPS) is 21.5. The van der Waals surface area contributed by atoms with E-state index in [0.29, 0.717) is 24.7 Å². The Hall–Kier alpha value is -2.32. The van der Waals surface area contributed by atoms with Crippen LogP contribution < -0.4 is 9.80 Å². The van der Waals surface area contributed by atoms with Gasteiger partial charge in [0.1, 0.15) is 0 Å². The fourth-order valence-electron chi connectivity index (χ4n) is 3.48. The van der Waals surface area contributed by atoms with Gasteiger partial charge in [0, 0.05) is 43.0 Å². The van der Waals surface area contributed by atoms with Crippen LogP contribution in [0.15, 0.2) is 47.2 Å². The number of carbonyl (C=O) groups is 2. The van der Waals surface area contributed by atoms with Crippen molar-refractivity contribution < 1.29 is 9.59 Å². The van der Waals surface area contributed by atoms with E-state index < -0.39 is 0 Å². The van der Waals surface area contributed by atoms with Crippen LogP contribution in [-0.2, 0) is 9.59 Å². The van der Waals surface area contributed by atoms with Crippen molar-refractivity contribution in [1.29, 1.82) is 0 Å². The van der Waals surface area contributed by atoms with Gasteiger partial charge in [-0.3, -0.25) is 14.5 Å². The highest BCUT2D eigenvalue weighted by atomic mass is 79.9. The molecule has 2 fully saturated rings. The van der Waals surface area contributed by atoms with Gasteiger partial charge >= 0.3 is 0 Å². The van der Waals surface area contributed by atoms with Gasteiger partial charge in [0.2, 0.25) is 11.9 Å². The summed E-state index contributed by atoms with van der Waals surface area (Å²) in [5.74, 6) is 0.418. The zero-order valence-corrected chi connectivity index (χ0v) is 15.7. The van der Waals surface area contributed by atoms with Gasteiger partial charge < -0.3 is 4.90 Å². The van der Waals surface area contributed by atoms with Crippen LogP contribution in [0.3, 0.4) is 0 Å². The number of hydrogen-bond acceptors (Lipinski definition) is 6. The first-order valence-corrected chi connectivity index (χ1v) is 9.31. The minimum absolute atomic E-state index is 0.141. The summed E-state index contributed by atoms with van der Waals surface area (Å²) < 4.78 is 0.843. The molecular weight excluding hydrogens is 398 g/mol. The summed E-state index contributed by atoms with van der Waals surface area (Å²) in [5, 5.41) is 0. The number of rotatable bonds is 3. The van der Waals surface area contributed by atoms with E-state index in [1.165, 1.54) is 4.90 Å². The van der Waals surface area contributed by atoms with E-state index in [1.54, 1.807) is 30.6 Å². The highest BCUT2D eigenvalue weighted by molar-refractivity contribution is 9.10. The van der Waals surface area contributed by atoms with Gasteiger partial charge in [-0.2, -0.15) is 0 Å². The maximum Gasteiger partial charge on any atom is 0.251 e. The van der Waals surface area contributed by atoms with Gasteiger partial charge in [-0.15, -0.1) is 0 Å². The van der Waals surface area contributed by atoms with Crippen LogP contribution in [0, 0.1) is 0 Å². The molecule has 134 valence electrons. The van der Waals surface area contributed by atoms with Gasteiger partial charge in [0.15, 0.2) is 0 Å². The van der Waals surface area contributed by atoms with Crippen molar-refractivity contribution in [2.75, 3.05) is 36.0 Å². The molecule has 2 aliphatic heterocycles. The largest absolute Gasteiger partial charge is 0.338 e. The van der Waals surface area contributed by atoms with Crippen molar-refractivity contribution in [3.05, 3.63) is 47.2 Å². The van der Waals surface area contributed by atoms with Crippen LogP contribution in [0.1, 0.15) is 6.42 Å². The van der Waals surface area contributed by atoms with Crippen LogP contribution in [0.4, 0.5) is 11.6 Å². The van der Waals surface area contributed by atoms with E-state index in [2.05, 4.69) is 35.7 Å². The molecule has 2 aliphatic rings. The minimum atomic E-state index is -0.389. The number of piperazine rings is 1. The molecule has 2 aromatic rings. The average Bonchev–Trinajstić information content (AvgIpc) is 2.97. The van der Waals surface area contributed by atoms with Gasteiger partial charge in [0.05, 0.1) is 18.2 Å². The Morgan fingerprint density at radius 3 is 2.42 bits per heavy atom. The van der Waals surface area contributed by atoms with E-state index in [4.69, 9.17) is 0 Å². The predicted octanol–water partition coefficient (Wildman–Crippen LogP) is 1.69. The van der Waals surface area contributed by atoms with Crippen LogP contribution in [0.2, 0.25) is 0 Å². The molecule has 1 aromatic carbocycles. The fraction of sp³-hybridized carbons (Fsp3) is 0.333. The van der Waals surface area contributed by atoms with Crippen molar-refractivity contribution in [3.63, 3.8) is 0 Å². The van der Waals surface area contributed by atoms with Crippen molar-refractivity contribution >= 4 is 39.4 Å². The van der Waals surface area contributed by atoms with E-state index in [1.807, 2.05) is 12.1 Å². The number of carbonyl (C=O) groups excluding carboxylic acids is 2. The first-order valence-electron chi connectivity index (χ1n) is 8.52. The molecule has 4 rings (SSSR count). The quantitative estimate of drug-likeness (QED) is 0.710. The molecule has 3 heterocycles. The molecule has 0 bridgehead atoms. The molecule has 1 unspecified atom stereocenters. The van der Waals surface area contributed by atoms with Crippen LogP contribution >= 0.6 is 15.9 Å². The van der Waals surface area contributed by atoms with Gasteiger partial charge in [0.25, 0.3) is 5.91 Å². The maximum atomic E-state index is 12.9. The summed E-state index contributed by atoms with van der Waals surface area (Å²) in [6, 6.07) is 8.68. The maximum absolute atomic E-state index is 12.9. The molecule has 26 heavy (non-hydrogen) atoms. The molecule has 2 saturated heterocycles. The lowest BCUT2D eigenvalue weighted by molar-refractivity contribution is -0.123. The standard InChI is InChI=1S/C18H18BrN5O2/c19-13-3-1-4-14(11-13)24-16(25)12-15(17(24)26)22-7-9-23(10-8-22)18-20-5-2-6-21-18/h1-6,11,15H,7-10,12H2. The summed E-state index contributed by atoms with van der Waals surface area (Å²) in [5.41, 5.74) is 0.619. The summed E-state index contributed by atoms with van der Waals surface area (Å²) in [4.78, 5) is 39.4. The van der Waals surface area contributed by atoms with Gasteiger partial charge in [-0.05, 0) is 24.3 Å². The zero-order valence-electron chi connectivity index (χ0n) is 14.1. The lowest BCUT2D eigenvalue weighted by Crippen LogP contribution is -2.53. The Morgan fingerprint density at radius 1 is 1.00 bits per heavy atom. The molecular formula is C18H18BrN5O2. The fourth-order valence-corrected chi connectivity index (χ4v) is 3.86. The summed E-state index contributed by atoms with van der Waals surface area (Å²) in [7, 11) is 0. The number of aromatic nitrogens is 2. The monoisotopic (exact) mass is 415 g/mol. The lowest BCUT2D eigenvalue weighted by Gasteiger charge is -2.36. The third-order valence-electron chi connectivity index (χ3n) is 4.78. The van der Waals surface area contributed by atoms with Gasteiger partial charge in [-0.1, -0.05) is 22.0 Å². The number of nitrogens with zero attached hydrogens (tertiary/aromatic N) is 5. The first-order chi connectivity index (χ1) is 12.6. The molecule has 0 radical (unpaired) electrons. The van der Waals surface area contributed by atoms with Crippen molar-refractivity contribution in [3.8, 4) is 0 Å². The van der Waals surface area contributed by atoms with Crippen LogP contribution in [0.25, 0.3) is 0 Å². The van der Waals surface area contributed by atoms with E-state index >= 15 is 0 Å². The average molecular weight is 416 g/mol. The molecule has 0 N–H and O–H groups in total. The second-order valence-corrected chi connectivity index (χ2v) is 7.25. The summed E-state index contributed by atoms with van der Waals surface area (Å²) in [6.07, 6.45) is 3.68. The first kappa shape index (κ1) is 17.1. The molecule has 8 heteroatoms. The molecule has 1 atom stereocenters. The van der Waals surface area contributed by atoms with E-state index in [9.17, 15) is 9.59 Å². The number of imide groups is 1. The second kappa shape index (κ2) is 7.13. The van der Waals surface area contributed by atoms with Crippen molar-refractivity contribution in [2.24, 2.45) is 0 Å². The number of anilines is 2. The van der Waals surface area contributed by atoms with Crippen molar-refractivity contribution in [1.82, 2.24) is 14.9 Å². The highest BCUT2D eigenvalue weighted by Gasteiger charge is 2.43. The number of amides is 2. The molecule has 0 spiro atoms. The highest BCUT2D eigenvalue weighted by Crippen LogP contribution is 2.28. The van der Waals surface area contributed by atoms with E-state index in [0.717, 1.165) is 17.6 Å². The second-order valence-electron chi connectivity index (χ2n) is 6.34. The Bertz CT molecular complexity index is 823. The predicted molar refractivity (Wildman–Crippen MR) is 101 cm³/mol. The Balaban J connectivity index is 1.45. The number of halogens is 1. The zero-order chi connectivity index (χ0) is 18.1. The molecule has 0 aliphatic carbocycles. The van der Waals surface area contributed by atoms with Gasteiger partial charge in [-0.25, -0.2) is 14.9 Å². The van der Waals surface area contributed by atoms with Crippen LogP contribution in [0.5, 0.6) is 0 Å². The minimum Gasteiger partial charge on any atom is -0.338 e. The van der Waals surface area contributed by atoms with Crippen LogP contribution in [-0.4, -0.2) is 58.9 Å². The summed E-state index contributed by atoms with van der Waals surface area (Å²) >= 11 is 3.39. The third kappa shape index (κ3) is 3.22. The Morgan fingerprint density at radius 2 is 1.73 bits per heavy atom. The summed E-state index contributed by atoms with van der Waals surface area (Å²) in [6.45, 7) is 2.88. The Labute approximate surface area is 159 Å². The number of hydrogen-bond donors (Lipinski definition) is 0. The topological polar surface area (TPSA) is 69.6 Å². The molecule has 7 nitrogen and oxygen atoms in total. The third-order valence-corrected chi connectivity index (χ3v) is 5.27. The Kier molecular flexibility index (Phi) is 4.69. The van der Waals surface area contributed by atoms with Crippen molar-refractivity contribution in [2.45, 2.75) is 12.5 Å². The van der Waals surface area contributed by atoms with E-state index in [-0.39, 0.29) is 24.3 Å². The molecule has 0 saturated carbocycles. The lowest BCUT2D eigenvalue weighted by atomic mass is 10.2. The molecule has 2 amide bonds.